The molecule has 1 fully saturated rings. The number of halogens is 1. The fourth-order valence-corrected chi connectivity index (χ4v) is 2.20. The van der Waals surface area contributed by atoms with Gasteiger partial charge in [0.05, 0.1) is 6.10 Å². The second-order valence-electron chi connectivity index (χ2n) is 4.85. The average Bonchev–Trinajstić information content (AvgIpc) is 3.15. The molecule has 0 aliphatic carbocycles. The molecule has 112 valence electrons. The summed E-state index contributed by atoms with van der Waals surface area (Å²) >= 11 is 0. The van der Waals surface area contributed by atoms with Crippen molar-refractivity contribution in [3.8, 4) is 5.75 Å². The topological polar surface area (TPSA) is 83.4 Å². The minimum atomic E-state index is -0.308. The molecule has 1 aromatic carbocycles. The third-order valence-corrected chi connectivity index (χ3v) is 3.31. The number of hydrogen-bond donors (Lipinski definition) is 1. The largest absolute Gasteiger partial charge is 0.485 e. The van der Waals surface area contributed by atoms with Gasteiger partial charge in [-0.15, -0.1) is 0 Å². The lowest BCUT2D eigenvalue weighted by atomic mass is 10.2. The Kier molecular flexibility index (Phi) is 4.12. The molecule has 0 bridgehead atoms. The van der Waals surface area contributed by atoms with Gasteiger partial charge in [0.25, 0.3) is 5.89 Å². The highest BCUT2D eigenvalue weighted by molar-refractivity contribution is 5.22. The SMILES string of the molecule is NC[C@H]1CC[C@H](c2nc(COc3ccc(F)cc3)no2)O1. The normalized spacial score (nSPS) is 21.6. The van der Waals surface area contributed by atoms with Gasteiger partial charge in [-0.3, -0.25) is 0 Å². The van der Waals surface area contributed by atoms with Crippen molar-refractivity contribution in [2.75, 3.05) is 6.54 Å². The van der Waals surface area contributed by atoms with E-state index in [4.69, 9.17) is 19.7 Å². The van der Waals surface area contributed by atoms with Crippen LogP contribution in [0.4, 0.5) is 4.39 Å². The van der Waals surface area contributed by atoms with Crippen LogP contribution in [0.5, 0.6) is 5.75 Å². The first kappa shape index (κ1) is 14.0. The van der Waals surface area contributed by atoms with Crippen molar-refractivity contribution in [3.05, 3.63) is 41.8 Å². The number of rotatable bonds is 5. The van der Waals surface area contributed by atoms with Crippen LogP contribution in [-0.2, 0) is 11.3 Å². The molecular weight excluding hydrogens is 277 g/mol. The number of nitrogens with zero attached hydrogens (tertiary/aromatic N) is 2. The maximum Gasteiger partial charge on any atom is 0.255 e. The van der Waals surface area contributed by atoms with Gasteiger partial charge in [-0.1, -0.05) is 5.16 Å². The highest BCUT2D eigenvalue weighted by atomic mass is 19.1. The molecule has 7 heteroatoms. The number of ether oxygens (including phenoxy) is 2. The summed E-state index contributed by atoms with van der Waals surface area (Å²) < 4.78 is 29.1. The number of benzene rings is 1. The van der Waals surface area contributed by atoms with Crippen molar-refractivity contribution in [2.24, 2.45) is 5.73 Å². The van der Waals surface area contributed by atoms with Crippen LogP contribution in [0.3, 0.4) is 0 Å². The van der Waals surface area contributed by atoms with Gasteiger partial charge in [0.15, 0.2) is 6.61 Å². The van der Waals surface area contributed by atoms with E-state index in [1.807, 2.05) is 0 Å². The lowest BCUT2D eigenvalue weighted by Gasteiger charge is -2.07. The summed E-state index contributed by atoms with van der Waals surface area (Å²) in [5.41, 5.74) is 5.56. The van der Waals surface area contributed by atoms with E-state index < -0.39 is 0 Å². The molecule has 2 atom stereocenters. The van der Waals surface area contributed by atoms with Crippen molar-refractivity contribution in [1.29, 1.82) is 0 Å². The third kappa shape index (κ3) is 3.37. The van der Waals surface area contributed by atoms with E-state index >= 15 is 0 Å². The molecule has 2 aromatic rings. The predicted octanol–water partition coefficient (Wildman–Crippen LogP) is 1.97. The summed E-state index contributed by atoms with van der Waals surface area (Å²) in [6.45, 7) is 0.646. The predicted molar refractivity (Wildman–Crippen MR) is 70.9 cm³/mol. The Hall–Kier alpha value is -1.99. The Morgan fingerprint density at radius 2 is 2.10 bits per heavy atom. The molecule has 1 saturated heterocycles. The summed E-state index contributed by atoms with van der Waals surface area (Å²) in [4.78, 5) is 4.25. The Bertz CT molecular complexity index is 587. The molecule has 2 heterocycles. The van der Waals surface area contributed by atoms with Crippen molar-refractivity contribution < 1.29 is 18.4 Å². The van der Waals surface area contributed by atoms with Gasteiger partial charge in [0.2, 0.25) is 5.82 Å². The molecule has 1 aromatic heterocycles. The Morgan fingerprint density at radius 1 is 1.29 bits per heavy atom. The van der Waals surface area contributed by atoms with Gasteiger partial charge in [0.1, 0.15) is 17.7 Å². The molecule has 1 aliphatic rings. The monoisotopic (exact) mass is 293 g/mol. The minimum Gasteiger partial charge on any atom is -0.485 e. The van der Waals surface area contributed by atoms with Crippen LogP contribution in [0.1, 0.15) is 30.7 Å². The first-order valence-corrected chi connectivity index (χ1v) is 6.81. The third-order valence-electron chi connectivity index (χ3n) is 3.31. The van der Waals surface area contributed by atoms with Crippen LogP contribution in [0.25, 0.3) is 0 Å². The zero-order valence-electron chi connectivity index (χ0n) is 11.4. The number of aromatic nitrogens is 2. The highest BCUT2D eigenvalue weighted by Crippen LogP contribution is 2.31. The van der Waals surface area contributed by atoms with Crippen molar-refractivity contribution in [2.45, 2.75) is 31.7 Å². The zero-order valence-corrected chi connectivity index (χ0v) is 11.4. The van der Waals surface area contributed by atoms with Crippen LogP contribution < -0.4 is 10.5 Å². The quantitative estimate of drug-likeness (QED) is 0.907. The van der Waals surface area contributed by atoms with Gasteiger partial charge in [-0.25, -0.2) is 4.39 Å². The van der Waals surface area contributed by atoms with Crippen LogP contribution in [0, 0.1) is 5.82 Å². The van der Waals surface area contributed by atoms with Crippen molar-refractivity contribution in [3.63, 3.8) is 0 Å². The van der Waals surface area contributed by atoms with Gasteiger partial charge in [-0.2, -0.15) is 4.98 Å². The smallest absolute Gasteiger partial charge is 0.255 e. The molecule has 6 nitrogen and oxygen atoms in total. The molecular formula is C14H16FN3O3. The first-order chi connectivity index (χ1) is 10.2. The average molecular weight is 293 g/mol. The molecule has 1 aliphatic heterocycles. The maximum absolute atomic E-state index is 12.8. The number of hydrogen-bond acceptors (Lipinski definition) is 6. The fraction of sp³-hybridized carbons (Fsp3) is 0.429. The standard InChI is InChI=1S/C14H16FN3O3/c15-9-1-3-10(4-2-9)19-8-13-17-14(21-18-13)12-6-5-11(7-16)20-12/h1-4,11-12H,5-8,16H2/t11-,12-/m1/s1. The van der Waals surface area contributed by atoms with E-state index in [0.29, 0.717) is 24.0 Å². The lowest BCUT2D eigenvalue weighted by molar-refractivity contribution is 0.0307. The van der Waals surface area contributed by atoms with Gasteiger partial charge in [-0.05, 0) is 37.1 Å². The second kappa shape index (κ2) is 6.19. The Balaban J connectivity index is 1.57. The van der Waals surface area contributed by atoms with Crippen LogP contribution in [-0.4, -0.2) is 22.8 Å². The van der Waals surface area contributed by atoms with E-state index in [0.717, 1.165) is 12.8 Å². The van der Waals surface area contributed by atoms with E-state index in [9.17, 15) is 4.39 Å². The summed E-state index contributed by atoms with van der Waals surface area (Å²) in [5, 5.41) is 3.85. The molecule has 3 rings (SSSR count). The molecule has 21 heavy (non-hydrogen) atoms. The van der Waals surface area contributed by atoms with Gasteiger partial charge >= 0.3 is 0 Å². The van der Waals surface area contributed by atoms with E-state index in [1.54, 1.807) is 12.1 Å². The van der Waals surface area contributed by atoms with Crippen LogP contribution in [0.15, 0.2) is 28.8 Å². The van der Waals surface area contributed by atoms with Crippen molar-refractivity contribution in [1.82, 2.24) is 10.1 Å². The van der Waals surface area contributed by atoms with Gasteiger partial charge < -0.3 is 19.7 Å². The zero-order chi connectivity index (χ0) is 14.7. The highest BCUT2D eigenvalue weighted by Gasteiger charge is 2.29. The molecule has 0 radical (unpaired) electrons. The van der Waals surface area contributed by atoms with E-state index in [-0.39, 0.29) is 24.6 Å². The lowest BCUT2D eigenvalue weighted by Crippen LogP contribution is -2.18. The molecule has 0 spiro atoms. The van der Waals surface area contributed by atoms with Crippen LogP contribution >= 0.6 is 0 Å². The van der Waals surface area contributed by atoms with E-state index in [1.165, 1.54) is 12.1 Å². The Labute approximate surface area is 121 Å². The van der Waals surface area contributed by atoms with Gasteiger partial charge in [0, 0.05) is 6.54 Å². The molecule has 0 amide bonds. The maximum atomic E-state index is 12.8. The van der Waals surface area contributed by atoms with Crippen molar-refractivity contribution >= 4 is 0 Å². The molecule has 0 unspecified atom stereocenters. The first-order valence-electron chi connectivity index (χ1n) is 6.81. The Morgan fingerprint density at radius 3 is 2.81 bits per heavy atom. The second-order valence-corrected chi connectivity index (χ2v) is 4.85. The molecule has 2 N–H and O–H groups in total. The number of nitrogens with two attached hydrogens (primary N) is 1. The minimum absolute atomic E-state index is 0.0563. The molecule has 0 saturated carbocycles. The summed E-state index contributed by atoms with van der Waals surface area (Å²) in [5.74, 6) is 1.11. The summed E-state index contributed by atoms with van der Waals surface area (Å²) in [6.07, 6.45) is 1.58. The fourth-order valence-electron chi connectivity index (χ4n) is 2.20. The summed E-state index contributed by atoms with van der Waals surface area (Å²) in [6, 6.07) is 5.75. The summed E-state index contributed by atoms with van der Waals surface area (Å²) in [7, 11) is 0. The van der Waals surface area contributed by atoms with Crippen LogP contribution in [0.2, 0.25) is 0 Å². The van der Waals surface area contributed by atoms with E-state index in [2.05, 4.69) is 10.1 Å².